The monoisotopic (exact) mass is 154 g/mol. The van der Waals surface area contributed by atoms with Gasteiger partial charge in [0, 0.05) is 25.0 Å². The van der Waals surface area contributed by atoms with Crippen molar-refractivity contribution in [3.8, 4) is 0 Å². The molecule has 2 bridgehead atoms. The molecular weight excluding hydrogens is 140 g/mol. The lowest BCUT2D eigenvalue weighted by Gasteiger charge is -2.20. The smallest absolute Gasteiger partial charge is 0.221 e. The first-order valence-corrected chi connectivity index (χ1v) is 4.26. The van der Waals surface area contributed by atoms with Gasteiger partial charge in [0.25, 0.3) is 0 Å². The van der Waals surface area contributed by atoms with Gasteiger partial charge in [-0.15, -0.1) is 0 Å². The quantitative estimate of drug-likeness (QED) is 0.531. The number of amides is 1. The lowest BCUT2D eigenvalue weighted by molar-refractivity contribution is -0.121. The molecule has 0 aliphatic carbocycles. The van der Waals surface area contributed by atoms with Gasteiger partial charge >= 0.3 is 0 Å². The first-order valence-electron chi connectivity index (χ1n) is 4.26. The van der Waals surface area contributed by atoms with E-state index in [2.05, 4.69) is 17.3 Å². The molecule has 3 heteroatoms. The van der Waals surface area contributed by atoms with Gasteiger partial charge in [-0.05, 0) is 19.9 Å². The Bertz CT molecular complexity index is 181. The number of nitrogens with one attached hydrogen (secondary N) is 1. The summed E-state index contributed by atoms with van der Waals surface area (Å²) in [6.45, 7) is 0.853. The van der Waals surface area contributed by atoms with Crippen molar-refractivity contribution in [3.05, 3.63) is 0 Å². The summed E-state index contributed by atoms with van der Waals surface area (Å²) in [5, 5.41) is 2.93. The molecule has 2 aliphatic rings. The van der Waals surface area contributed by atoms with Crippen molar-refractivity contribution in [1.82, 2.24) is 10.2 Å². The zero-order chi connectivity index (χ0) is 7.84. The third kappa shape index (κ3) is 1.13. The van der Waals surface area contributed by atoms with Crippen LogP contribution >= 0.6 is 0 Å². The number of likely N-dealkylation sites (N-methyl/N-ethyl adjacent to an activating group) is 1. The normalized spacial score (nSPS) is 38.5. The number of hydrogen-bond donors (Lipinski definition) is 1. The van der Waals surface area contributed by atoms with Gasteiger partial charge in [-0.1, -0.05) is 0 Å². The average Bonchev–Trinajstić information content (AvgIpc) is 2.20. The Morgan fingerprint density at radius 1 is 1.45 bits per heavy atom. The molecule has 0 spiro atoms. The maximum atomic E-state index is 11.1. The summed E-state index contributed by atoms with van der Waals surface area (Å²) < 4.78 is 0. The Morgan fingerprint density at radius 3 is 3.00 bits per heavy atom. The fraction of sp³-hybridized carbons (Fsp3) is 0.875. The van der Waals surface area contributed by atoms with Gasteiger partial charge in [0.15, 0.2) is 0 Å². The molecule has 2 heterocycles. The van der Waals surface area contributed by atoms with Gasteiger partial charge in [-0.25, -0.2) is 0 Å². The van der Waals surface area contributed by atoms with Crippen LogP contribution in [-0.2, 0) is 4.79 Å². The van der Waals surface area contributed by atoms with E-state index in [4.69, 9.17) is 0 Å². The van der Waals surface area contributed by atoms with Crippen LogP contribution in [0, 0.1) is 0 Å². The number of hydrogen-bond acceptors (Lipinski definition) is 2. The van der Waals surface area contributed by atoms with E-state index in [0.717, 1.165) is 6.54 Å². The van der Waals surface area contributed by atoms with Crippen LogP contribution in [0.2, 0.25) is 0 Å². The van der Waals surface area contributed by atoms with Gasteiger partial charge < -0.3 is 5.32 Å². The molecule has 2 saturated heterocycles. The van der Waals surface area contributed by atoms with E-state index in [-0.39, 0.29) is 5.91 Å². The number of rotatable bonds is 0. The largest absolute Gasteiger partial charge is 0.354 e. The van der Waals surface area contributed by atoms with E-state index in [0.29, 0.717) is 18.5 Å². The fourth-order valence-electron chi connectivity index (χ4n) is 2.10. The highest BCUT2D eigenvalue weighted by Crippen LogP contribution is 2.25. The molecule has 0 aromatic carbocycles. The fourth-order valence-corrected chi connectivity index (χ4v) is 2.10. The summed E-state index contributed by atoms with van der Waals surface area (Å²) in [6.07, 6.45) is 3.16. The van der Waals surface area contributed by atoms with Gasteiger partial charge in [-0.2, -0.15) is 0 Å². The van der Waals surface area contributed by atoms with Crippen molar-refractivity contribution >= 4 is 5.91 Å². The number of nitrogens with zero attached hydrogens (tertiary/aromatic N) is 1. The first kappa shape index (κ1) is 7.10. The van der Waals surface area contributed by atoms with Crippen LogP contribution in [0.3, 0.4) is 0 Å². The molecule has 0 aromatic heterocycles. The summed E-state index contributed by atoms with van der Waals surface area (Å²) in [7, 11) is 2.13. The first-order chi connectivity index (χ1) is 5.27. The van der Waals surface area contributed by atoms with Crippen LogP contribution in [0.4, 0.5) is 0 Å². The molecule has 0 aromatic rings. The minimum Gasteiger partial charge on any atom is -0.354 e. The van der Waals surface area contributed by atoms with Gasteiger partial charge in [-0.3, -0.25) is 9.69 Å². The van der Waals surface area contributed by atoms with Crippen molar-refractivity contribution in [1.29, 1.82) is 0 Å². The summed E-state index contributed by atoms with van der Waals surface area (Å²) in [6, 6.07) is 1.12. The van der Waals surface area contributed by atoms with E-state index in [1.165, 1.54) is 12.8 Å². The molecule has 0 saturated carbocycles. The van der Waals surface area contributed by atoms with Crippen molar-refractivity contribution in [2.45, 2.75) is 31.3 Å². The van der Waals surface area contributed by atoms with E-state index in [1.54, 1.807) is 0 Å². The lowest BCUT2D eigenvalue weighted by atomic mass is 10.1. The minimum atomic E-state index is 0.226. The molecule has 3 nitrogen and oxygen atoms in total. The molecular formula is C8H14N2O. The number of carbonyl (C=O) groups excluding carboxylic acids is 1. The number of fused-ring (bicyclic) bond motifs is 2. The topological polar surface area (TPSA) is 32.3 Å². The Morgan fingerprint density at radius 2 is 2.18 bits per heavy atom. The summed E-state index contributed by atoms with van der Waals surface area (Å²) in [4.78, 5) is 13.4. The van der Waals surface area contributed by atoms with Crippen LogP contribution in [0.25, 0.3) is 0 Å². The van der Waals surface area contributed by atoms with E-state index in [9.17, 15) is 4.79 Å². The maximum Gasteiger partial charge on any atom is 0.221 e. The summed E-state index contributed by atoms with van der Waals surface area (Å²) in [5.41, 5.74) is 0. The SMILES string of the molecule is CN1[C@H]2CC[C@H]1CC(=O)NC2. The van der Waals surface area contributed by atoms with Crippen molar-refractivity contribution < 1.29 is 4.79 Å². The van der Waals surface area contributed by atoms with Crippen LogP contribution in [0.5, 0.6) is 0 Å². The molecule has 1 amide bonds. The van der Waals surface area contributed by atoms with Crippen LogP contribution in [0.1, 0.15) is 19.3 Å². The minimum absolute atomic E-state index is 0.226. The molecule has 2 atom stereocenters. The Labute approximate surface area is 66.8 Å². The number of carbonyl (C=O) groups is 1. The van der Waals surface area contributed by atoms with Gasteiger partial charge in [0.05, 0.1) is 0 Å². The van der Waals surface area contributed by atoms with Crippen molar-refractivity contribution in [2.75, 3.05) is 13.6 Å². The molecule has 0 unspecified atom stereocenters. The van der Waals surface area contributed by atoms with E-state index >= 15 is 0 Å². The third-order valence-corrected chi connectivity index (χ3v) is 2.94. The Kier molecular flexibility index (Phi) is 1.60. The lowest BCUT2D eigenvalue weighted by Crippen LogP contribution is -2.34. The summed E-state index contributed by atoms with van der Waals surface area (Å²) in [5.74, 6) is 0.226. The predicted octanol–water partition coefficient (Wildman–Crippen LogP) is -0.0309. The van der Waals surface area contributed by atoms with E-state index in [1.807, 2.05) is 0 Å². The molecule has 11 heavy (non-hydrogen) atoms. The van der Waals surface area contributed by atoms with Crippen LogP contribution in [-0.4, -0.2) is 36.5 Å². The van der Waals surface area contributed by atoms with E-state index < -0.39 is 0 Å². The zero-order valence-electron chi connectivity index (χ0n) is 6.84. The van der Waals surface area contributed by atoms with Gasteiger partial charge in [0.2, 0.25) is 5.91 Å². The molecule has 2 aliphatic heterocycles. The highest BCUT2D eigenvalue weighted by molar-refractivity contribution is 5.77. The predicted molar refractivity (Wildman–Crippen MR) is 42.2 cm³/mol. The second kappa shape index (κ2) is 2.48. The highest BCUT2D eigenvalue weighted by atomic mass is 16.1. The standard InChI is InChI=1S/C8H14N2O/c1-10-6-2-3-7(10)5-9-8(11)4-6/h6-7H,2-5H2,1H3,(H,9,11)/t6-,7-/m0/s1. The molecule has 1 N–H and O–H groups in total. The van der Waals surface area contributed by atoms with Crippen LogP contribution < -0.4 is 5.32 Å². The second-order valence-electron chi connectivity index (χ2n) is 3.56. The Hall–Kier alpha value is -0.570. The average molecular weight is 154 g/mol. The van der Waals surface area contributed by atoms with Crippen molar-refractivity contribution in [2.24, 2.45) is 0 Å². The van der Waals surface area contributed by atoms with Gasteiger partial charge in [0.1, 0.15) is 0 Å². The maximum absolute atomic E-state index is 11.1. The van der Waals surface area contributed by atoms with Crippen molar-refractivity contribution in [3.63, 3.8) is 0 Å². The summed E-state index contributed by atoms with van der Waals surface area (Å²) >= 11 is 0. The second-order valence-corrected chi connectivity index (χ2v) is 3.56. The third-order valence-electron chi connectivity index (χ3n) is 2.94. The van der Waals surface area contributed by atoms with Crippen LogP contribution in [0.15, 0.2) is 0 Å². The molecule has 2 fully saturated rings. The highest BCUT2D eigenvalue weighted by Gasteiger charge is 2.34. The molecule has 2 rings (SSSR count). The molecule has 0 radical (unpaired) electrons. The molecule has 62 valence electrons. The Balaban J connectivity index is 2.13. The zero-order valence-corrected chi connectivity index (χ0v) is 6.84.